The van der Waals surface area contributed by atoms with E-state index in [9.17, 15) is 4.79 Å². The Labute approximate surface area is 141 Å². The lowest BCUT2D eigenvalue weighted by atomic mass is 10.1. The van der Waals surface area contributed by atoms with Crippen molar-refractivity contribution in [2.45, 2.75) is 25.3 Å². The van der Waals surface area contributed by atoms with Gasteiger partial charge in [-0.05, 0) is 31.0 Å². The van der Waals surface area contributed by atoms with E-state index in [1.165, 1.54) is 0 Å². The molecule has 1 atom stereocenters. The highest BCUT2D eigenvalue weighted by molar-refractivity contribution is 5.79. The molecule has 0 spiro atoms. The maximum atomic E-state index is 12.3. The molecule has 2 heterocycles. The summed E-state index contributed by atoms with van der Waals surface area (Å²) in [5.74, 6) is 1.62. The van der Waals surface area contributed by atoms with Gasteiger partial charge in [0.05, 0.1) is 13.5 Å². The van der Waals surface area contributed by atoms with E-state index >= 15 is 0 Å². The van der Waals surface area contributed by atoms with Crippen molar-refractivity contribution in [3.8, 4) is 5.75 Å². The van der Waals surface area contributed by atoms with Gasteiger partial charge < -0.3 is 15.0 Å². The van der Waals surface area contributed by atoms with Crippen LogP contribution in [0, 0.1) is 0 Å². The highest BCUT2D eigenvalue weighted by atomic mass is 16.5. The zero-order chi connectivity index (χ0) is 16.8. The van der Waals surface area contributed by atoms with Crippen molar-refractivity contribution in [1.82, 2.24) is 15.5 Å². The highest BCUT2D eigenvalue weighted by Crippen LogP contribution is 2.22. The minimum atomic E-state index is 0.00509. The highest BCUT2D eigenvalue weighted by Gasteiger charge is 2.26. The summed E-state index contributed by atoms with van der Waals surface area (Å²) in [5, 5.41) is 11.2. The smallest absolute Gasteiger partial charge is 0.224 e. The Kier molecular flexibility index (Phi) is 5.25. The van der Waals surface area contributed by atoms with Crippen molar-refractivity contribution in [3.63, 3.8) is 0 Å². The molecular formula is C18H22N4O2. The third kappa shape index (κ3) is 3.82. The van der Waals surface area contributed by atoms with Crippen LogP contribution in [0.25, 0.3) is 0 Å². The summed E-state index contributed by atoms with van der Waals surface area (Å²) in [4.78, 5) is 14.5. The third-order valence-corrected chi connectivity index (χ3v) is 4.31. The molecule has 1 fully saturated rings. The van der Waals surface area contributed by atoms with Gasteiger partial charge in [0.1, 0.15) is 5.75 Å². The van der Waals surface area contributed by atoms with Gasteiger partial charge in [-0.2, -0.15) is 5.10 Å². The van der Waals surface area contributed by atoms with E-state index in [1.54, 1.807) is 13.3 Å². The number of benzene rings is 1. The van der Waals surface area contributed by atoms with Gasteiger partial charge in [0.25, 0.3) is 0 Å². The van der Waals surface area contributed by atoms with Gasteiger partial charge in [-0.25, -0.2) is 0 Å². The van der Waals surface area contributed by atoms with Crippen molar-refractivity contribution in [2.75, 3.05) is 25.1 Å². The summed E-state index contributed by atoms with van der Waals surface area (Å²) in [6.07, 6.45) is 4.14. The maximum Gasteiger partial charge on any atom is 0.224 e. The molecule has 0 aliphatic carbocycles. The molecule has 1 aromatic heterocycles. The number of carbonyl (C=O) groups excluding carboxylic acids is 1. The lowest BCUT2D eigenvalue weighted by Gasteiger charge is -2.25. The SMILES string of the molecule is COc1ccccc1CC(=O)NC[C@@H]1CCCN1c1cccnn1. The molecule has 0 bridgehead atoms. The number of nitrogens with one attached hydrogen (secondary N) is 1. The lowest BCUT2D eigenvalue weighted by Crippen LogP contribution is -2.41. The Balaban J connectivity index is 1.56. The maximum absolute atomic E-state index is 12.3. The number of para-hydroxylation sites is 1. The van der Waals surface area contributed by atoms with Crippen LogP contribution in [0.1, 0.15) is 18.4 Å². The van der Waals surface area contributed by atoms with Gasteiger partial charge >= 0.3 is 0 Å². The van der Waals surface area contributed by atoms with Crippen LogP contribution in [0.3, 0.4) is 0 Å². The number of amides is 1. The predicted octanol–water partition coefficient (Wildman–Crippen LogP) is 1.81. The average molecular weight is 326 g/mol. The van der Waals surface area contributed by atoms with E-state index in [1.807, 2.05) is 36.4 Å². The minimum absolute atomic E-state index is 0.00509. The van der Waals surface area contributed by atoms with Crippen molar-refractivity contribution >= 4 is 11.7 Å². The molecule has 1 aliphatic heterocycles. The first-order valence-corrected chi connectivity index (χ1v) is 8.21. The first-order valence-electron chi connectivity index (χ1n) is 8.21. The number of rotatable bonds is 6. The molecule has 0 saturated carbocycles. The molecule has 1 amide bonds. The summed E-state index contributed by atoms with van der Waals surface area (Å²) in [6, 6.07) is 11.7. The van der Waals surface area contributed by atoms with Gasteiger partial charge in [-0.15, -0.1) is 5.10 Å². The molecule has 0 radical (unpaired) electrons. The Hall–Kier alpha value is -2.63. The van der Waals surface area contributed by atoms with Gasteiger partial charge in [-0.1, -0.05) is 18.2 Å². The molecule has 24 heavy (non-hydrogen) atoms. The summed E-state index contributed by atoms with van der Waals surface area (Å²) < 4.78 is 5.30. The lowest BCUT2D eigenvalue weighted by molar-refractivity contribution is -0.120. The second-order valence-corrected chi connectivity index (χ2v) is 5.86. The molecule has 1 saturated heterocycles. The van der Waals surface area contributed by atoms with E-state index in [0.29, 0.717) is 13.0 Å². The van der Waals surface area contributed by atoms with E-state index in [0.717, 1.165) is 36.5 Å². The van der Waals surface area contributed by atoms with Crippen LogP contribution in [0.2, 0.25) is 0 Å². The van der Waals surface area contributed by atoms with Crippen LogP contribution in [-0.2, 0) is 11.2 Å². The Bertz CT molecular complexity index is 678. The normalized spacial score (nSPS) is 16.9. The second-order valence-electron chi connectivity index (χ2n) is 5.86. The molecule has 1 aromatic carbocycles. The topological polar surface area (TPSA) is 67.3 Å². The zero-order valence-corrected chi connectivity index (χ0v) is 13.8. The van der Waals surface area contributed by atoms with Gasteiger partial charge in [0.15, 0.2) is 5.82 Å². The quantitative estimate of drug-likeness (QED) is 0.877. The molecule has 1 aliphatic rings. The van der Waals surface area contributed by atoms with E-state index in [4.69, 9.17) is 4.74 Å². The molecular weight excluding hydrogens is 304 g/mol. The van der Waals surface area contributed by atoms with E-state index < -0.39 is 0 Å². The summed E-state index contributed by atoms with van der Waals surface area (Å²) >= 11 is 0. The second kappa shape index (κ2) is 7.77. The molecule has 0 unspecified atom stereocenters. The van der Waals surface area contributed by atoms with Crippen LogP contribution in [0.4, 0.5) is 5.82 Å². The van der Waals surface area contributed by atoms with Crippen molar-refractivity contribution in [2.24, 2.45) is 0 Å². The van der Waals surface area contributed by atoms with Gasteiger partial charge in [-0.3, -0.25) is 4.79 Å². The fourth-order valence-electron chi connectivity index (χ4n) is 3.11. The number of methoxy groups -OCH3 is 1. The van der Waals surface area contributed by atoms with Crippen LogP contribution >= 0.6 is 0 Å². The van der Waals surface area contributed by atoms with Crippen LogP contribution < -0.4 is 15.0 Å². The van der Waals surface area contributed by atoms with Crippen molar-refractivity contribution < 1.29 is 9.53 Å². The van der Waals surface area contributed by atoms with Crippen molar-refractivity contribution in [1.29, 1.82) is 0 Å². The molecule has 6 heteroatoms. The summed E-state index contributed by atoms with van der Waals surface area (Å²) in [5.41, 5.74) is 0.898. The minimum Gasteiger partial charge on any atom is -0.496 e. The molecule has 6 nitrogen and oxygen atoms in total. The van der Waals surface area contributed by atoms with Crippen LogP contribution in [-0.4, -0.2) is 42.3 Å². The number of anilines is 1. The Morgan fingerprint density at radius 1 is 1.33 bits per heavy atom. The fraction of sp³-hybridized carbons (Fsp3) is 0.389. The fourth-order valence-corrected chi connectivity index (χ4v) is 3.11. The van der Waals surface area contributed by atoms with Gasteiger partial charge in [0, 0.05) is 30.9 Å². The van der Waals surface area contributed by atoms with E-state index in [2.05, 4.69) is 20.4 Å². The number of hydrogen-bond acceptors (Lipinski definition) is 5. The summed E-state index contributed by atoms with van der Waals surface area (Å²) in [7, 11) is 1.62. The number of nitrogens with zero attached hydrogens (tertiary/aromatic N) is 3. The standard InChI is InChI=1S/C18H22N4O2/c1-24-16-8-3-2-6-14(16)12-18(23)19-13-15-7-5-11-22(15)17-9-4-10-20-21-17/h2-4,6,8-10,15H,5,7,11-13H2,1H3,(H,19,23)/t15-/m0/s1. The summed E-state index contributed by atoms with van der Waals surface area (Å²) in [6.45, 7) is 1.57. The molecule has 3 rings (SSSR count). The number of aromatic nitrogens is 2. The van der Waals surface area contributed by atoms with Gasteiger partial charge in [0.2, 0.25) is 5.91 Å². The zero-order valence-electron chi connectivity index (χ0n) is 13.8. The van der Waals surface area contributed by atoms with Crippen molar-refractivity contribution in [3.05, 3.63) is 48.2 Å². The molecule has 2 aromatic rings. The Morgan fingerprint density at radius 2 is 2.21 bits per heavy atom. The number of ether oxygens (including phenoxy) is 1. The average Bonchev–Trinajstić information content (AvgIpc) is 3.10. The third-order valence-electron chi connectivity index (χ3n) is 4.31. The monoisotopic (exact) mass is 326 g/mol. The first kappa shape index (κ1) is 16.2. The van der Waals surface area contributed by atoms with Crippen LogP contribution in [0.15, 0.2) is 42.6 Å². The Morgan fingerprint density at radius 3 is 3.00 bits per heavy atom. The largest absolute Gasteiger partial charge is 0.496 e. The number of hydrogen-bond donors (Lipinski definition) is 1. The molecule has 126 valence electrons. The first-order chi connectivity index (χ1) is 11.8. The molecule has 1 N–H and O–H groups in total. The predicted molar refractivity (Wildman–Crippen MR) is 92.1 cm³/mol. The number of carbonyl (C=O) groups is 1. The van der Waals surface area contributed by atoms with Crippen LogP contribution in [0.5, 0.6) is 5.75 Å². The van der Waals surface area contributed by atoms with E-state index in [-0.39, 0.29) is 11.9 Å².